The zero-order chi connectivity index (χ0) is 12.3. The molecule has 17 heavy (non-hydrogen) atoms. The van der Waals surface area contributed by atoms with Crippen molar-refractivity contribution in [1.29, 1.82) is 0 Å². The number of benzene rings is 1. The Bertz CT molecular complexity index is 541. The van der Waals surface area contributed by atoms with Crippen molar-refractivity contribution in [2.24, 2.45) is 0 Å². The van der Waals surface area contributed by atoms with Gasteiger partial charge >= 0.3 is 5.97 Å². The van der Waals surface area contributed by atoms with Gasteiger partial charge in [0.25, 0.3) is 0 Å². The summed E-state index contributed by atoms with van der Waals surface area (Å²) < 4.78 is 0. The van der Waals surface area contributed by atoms with Gasteiger partial charge in [-0.2, -0.15) is 0 Å². The molecule has 0 atom stereocenters. The predicted octanol–water partition coefficient (Wildman–Crippen LogP) is 1.35. The molecule has 0 fully saturated rings. The van der Waals surface area contributed by atoms with E-state index in [1.54, 1.807) is 0 Å². The molecule has 0 saturated carbocycles. The van der Waals surface area contributed by atoms with E-state index in [1.807, 2.05) is 30.3 Å². The van der Waals surface area contributed by atoms with Crippen LogP contribution in [-0.4, -0.2) is 21.0 Å². The minimum absolute atomic E-state index is 0.0285. The number of carbonyl (C=O) groups is 1. The quantitative estimate of drug-likeness (QED) is 0.829. The molecule has 0 radical (unpaired) electrons. The molecule has 1 heterocycles. The number of nitrogens with zero attached hydrogens (tertiary/aromatic N) is 2. The van der Waals surface area contributed by atoms with E-state index in [9.17, 15) is 4.79 Å². The normalized spacial score (nSPS) is 10.1. The molecular formula is C12H11N3O2. The van der Waals surface area contributed by atoms with Gasteiger partial charge in [0.2, 0.25) is 5.95 Å². The summed E-state index contributed by atoms with van der Waals surface area (Å²) in [6.45, 7) is 0. The highest BCUT2D eigenvalue weighted by atomic mass is 16.4. The van der Waals surface area contributed by atoms with Gasteiger partial charge in [-0.25, -0.2) is 14.8 Å². The first kappa shape index (κ1) is 11.1. The van der Waals surface area contributed by atoms with Gasteiger partial charge in [-0.05, 0) is 5.56 Å². The molecule has 1 aromatic carbocycles. The fraction of sp³-hybridized carbons (Fsp3) is 0.0833. The molecule has 2 rings (SSSR count). The Morgan fingerprint density at radius 3 is 2.65 bits per heavy atom. The van der Waals surface area contributed by atoms with Crippen LogP contribution in [-0.2, 0) is 6.42 Å². The lowest BCUT2D eigenvalue weighted by molar-refractivity contribution is 0.0689. The number of carboxylic acids is 1. The van der Waals surface area contributed by atoms with Gasteiger partial charge in [0, 0.05) is 18.2 Å². The first-order valence-electron chi connectivity index (χ1n) is 5.05. The van der Waals surface area contributed by atoms with E-state index in [1.165, 1.54) is 6.20 Å². The van der Waals surface area contributed by atoms with Gasteiger partial charge in [-0.15, -0.1) is 0 Å². The molecule has 0 aliphatic carbocycles. The average molecular weight is 229 g/mol. The van der Waals surface area contributed by atoms with Crippen LogP contribution >= 0.6 is 0 Å². The number of aromatic nitrogens is 2. The second-order valence-corrected chi connectivity index (χ2v) is 3.57. The molecule has 5 heteroatoms. The molecule has 0 bridgehead atoms. The fourth-order valence-electron chi connectivity index (χ4n) is 1.55. The van der Waals surface area contributed by atoms with Crippen molar-refractivity contribution in [3.8, 4) is 0 Å². The van der Waals surface area contributed by atoms with Crippen molar-refractivity contribution in [3.05, 3.63) is 53.3 Å². The summed E-state index contributed by atoms with van der Waals surface area (Å²) in [5.41, 5.74) is 6.89. The highest BCUT2D eigenvalue weighted by Crippen LogP contribution is 2.12. The van der Waals surface area contributed by atoms with Crippen LogP contribution in [0.1, 0.15) is 21.6 Å². The van der Waals surface area contributed by atoms with Gasteiger partial charge in [-0.3, -0.25) is 0 Å². The maximum atomic E-state index is 11.0. The van der Waals surface area contributed by atoms with E-state index in [4.69, 9.17) is 10.8 Å². The van der Waals surface area contributed by atoms with Crippen molar-refractivity contribution in [2.45, 2.75) is 6.42 Å². The lowest BCUT2D eigenvalue weighted by Gasteiger charge is -2.05. The summed E-state index contributed by atoms with van der Waals surface area (Å²) in [4.78, 5) is 18.6. The summed E-state index contributed by atoms with van der Waals surface area (Å²) in [5.74, 6) is -1.12. The molecule has 3 N–H and O–H groups in total. The zero-order valence-corrected chi connectivity index (χ0v) is 9.00. The van der Waals surface area contributed by atoms with Gasteiger partial charge in [0.05, 0.1) is 0 Å². The van der Waals surface area contributed by atoms with Crippen molar-refractivity contribution in [1.82, 2.24) is 9.97 Å². The number of rotatable bonds is 3. The fourth-order valence-corrected chi connectivity index (χ4v) is 1.55. The third-order valence-corrected chi connectivity index (χ3v) is 2.32. The number of carboxylic acid groups (broad SMARTS) is 1. The van der Waals surface area contributed by atoms with Crippen LogP contribution in [0.15, 0.2) is 36.5 Å². The molecular weight excluding hydrogens is 218 g/mol. The first-order chi connectivity index (χ1) is 8.16. The van der Waals surface area contributed by atoms with E-state index >= 15 is 0 Å². The van der Waals surface area contributed by atoms with Crippen LogP contribution in [0.3, 0.4) is 0 Å². The maximum absolute atomic E-state index is 11.0. The Kier molecular flexibility index (Phi) is 3.00. The predicted molar refractivity (Wildman–Crippen MR) is 62.7 cm³/mol. The molecule has 0 aliphatic heterocycles. The Balaban J connectivity index is 2.36. The van der Waals surface area contributed by atoms with E-state index in [0.717, 1.165) is 5.56 Å². The van der Waals surface area contributed by atoms with Crippen molar-refractivity contribution >= 4 is 11.9 Å². The second-order valence-electron chi connectivity index (χ2n) is 3.57. The topological polar surface area (TPSA) is 89.1 Å². The van der Waals surface area contributed by atoms with Crippen LogP contribution in [0.25, 0.3) is 0 Å². The molecule has 0 saturated heterocycles. The highest BCUT2D eigenvalue weighted by Gasteiger charge is 2.13. The molecule has 0 spiro atoms. The first-order valence-corrected chi connectivity index (χ1v) is 5.05. The van der Waals surface area contributed by atoms with E-state index in [0.29, 0.717) is 12.0 Å². The van der Waals surface area contributed by atoms with Crippen molar-refractivity contribution in [2.75, 3.05) is 5.73 Å². The van der Waals surface area contributed by atoms with Crippen LogP contribution in [0.5, 0.6) is 0 Å². The number of aromatic carboxylic acids is 1. The molecule has 0 unspecified atom stereocenters. The SMILES string of the molecule is Nc1ncc(Cc2ccccc2)c(C(=O)O)n1. The lowest BCUT2D eigenvalue weighted by atomic mass is 10.1. The monoisotopic (exact) mass is 229 g/mol. The number of nitrogens with two attached hydrogens (primary N) is 1. The number of hydrogen-bond donors (Lipinski definition) is 2. The Labute approximate surface area is 98.0 Å². The van der Waals surface area contributed by atoms with Crippen LogP contribution < -0.4 is 5.73 Å². The van der Waals surface area contributed by atoms with Crippen LogP contribution in [0, 0.1) is 0 Å². The van der Waals surface area contributed by atoms with Crippen molar-refractivity contribution in [3.63, 3.8) is 0 Å². The zero-order valence-electron chi connectivity index (χ0n) is 9.00. The Morgan fingerprint density at radius 1 is 1.29 bits per heavy atom. The standard InChI is InChI=1S/C12H11N3O2/c13-12-14-7-9(10(15-12)11(16)17)6-8-4-2-1-3-5-8/h1-5,7H,6H2,(H,16,17)(H2,13,14,15). The Hall–Kier alpha value is -2.43. The summed E-state index contributed by atoms with van der Waals surface area (Å²) in [6.07, 6.45) is 1.93. The van der Waals surface area contributed by atoms with Gasteiger partial charge < -0.3 is 10.8 Å². The summed E-state index contributed by atoms with van der Waals surface area (Å²) in [7, 11) is 0. The lowest BCUT2D eigenvalue weighted by Crippen LogP contribution is -2.09. The van der Waals surface area contributed by atoms with E-state index in [-0.39, 0.29) is 11.6 Å². The number of nitrogen functional groups attached to an aromatic ring is 1. The molecule has 0 aliphatic rings. The molecule has 5 nitrogen and oxygen atoms in total. The highest BCUT2D eigenvalue weighted by molar-refractivity contribution is 5.87. The molecule has 2 aromatic rings. The van der Waals surface area contributed by atoms with E-state index < -0.39 is 5.97 Å². The second kappa shape index (κ2) is 4.61. The average Bonchev–Trinajstić information content (AvgIpc) is 2.32. The smallest absolute Gasteiger partial charge is 0.354 e. The third kappa shape index (κ3) is 2.57. The van der Waals surface area contributed by atoms with Crippen LogP contribution in [0.2, 0.25) is 0 Å². The van der Waals surface area contributed by atoms with Crippen molar-refractivity contribution < 1.29 is 9.90 Å². The van der Waals surface area contributed by atoms with Gasteiger partial charge in [0.15, 0.2) is 5.69 Å². The van der Waals surface area contributed by atoms with Gasteiger partial charge in [-0.1, -0.05) is 30.3 Å². The van der Waals surface area contributed by atoms with Crippen LogP contribution in [0.4, 0.5) is 5.95 Å². The summed E-state index contributed by atoms with van der Waals surface area (Å²) in [5, 5.41) is 9.02. The summed E-state index contributed by atoms with van der Waals surface area (Å²) >= 11 is 0. The number of hydrogen-bond acceptors (Lipinski definition) is 4. The molecule has 86 valence electrons. The van der Waals surface area contributed by atoms with E-state index in [2.05, 4.69) is 9.97 Å². The third-order valence-electron chi connectivity index (χ3n) is 2.32. The number of anilines is 1. The Morgan fingerprint density at radius 2 is 2.00 bits per heavy atom. The molecule has 0 amide bonds. The summed E-state index contributed by atoms with van der Waals surface area (Å²) in [6, 6.07) is 9.53. The maximum Gasteiger partial charge on any atom is 0.354 e. The molecule has 1 aromatic heterocycles. The largest absolute Gasteiger partial charge is 0.476 e. The van der Waals surface area contributed by atoms with Gasteiger partial charge in [0.1, 0.15) is 0 Å². The minimum atomic E-state index is -1.09. The minimum Gasteiger partial charge on any atom is -0.476 e.